The fraction of sp³-hybridized carbons (Fsp3) is 0.818. The highest BCUT2D eigenvalue weighted by Gasteiger charge is 2.52. The van der Waals surface area contributed by atoms with Crippen LogP contribution in [0.15, 0.2) is 0 Å². The van der Waals surface area contributed by atoms with Crippen molar-refractivity contribution in [2.24, 2.45) is 0 Å². The lowest BCUT2D eigenvalue weighted by molar-refractivity contribution is -0.131. The zero-order valence-corrected chi connectivity index (χ0v) is 10.1. The Bertz CT molecular complexity index is 313. The molecule has 96 valence electrons. The molecule has 1 spiro atoms. The van der Waals surface area contributed by atoms with Gasteiger partial charge in [0.25, 0.3) is 5.91 Å². The van der Waals surface area contributed by atoms with E-state index in [9.17, 15) is 9.59 Å². The topological polar surface area (TPSA) is 70.7 Å². The van der Waals surface area contributed by atoms with E-state index in [4.69, 9.17) is 4.74 Å². The van der Waals surface area contributed by atoms with Crippen LogP contribution in [0.1, 0.15) is 19.8 Å². The van der Waals surface area contributed by atoms with Gasteiger partial charge in [-0.1, -0.05) is 6.92 Å². The number of hydrogen-bond donors (Lipinski definition) is 2. The van der Waals surface area contributed by atoms with Gasteiger partial charge >= 0.3 is 6.03 Å². The van der Waals surface area contributed by atoms with Crippen molar-refractivity contribution < 1.29 is 14.3 Å². The summed E-state index contributed by atoms with van der Waals surface area (Å²) in [4.78, 5) is 25.1. The Labute approximate surface area is 101 Å². The molecule has 0 aromatic rings. The first-order valence-electron chi connectivity index (χ1n) is 6.12. The van der Waals surface area contributed by atoms with E-state index >= 15 is 0 Å². The molecule has 0 aromatic heterocycles. The first-order valence-corrected chi connectivity index (χ1v) is 6.12. The van der Waals surface area contributed by atoms with Crippen LogP contribution in [0.5, 0.6) is 0 Å². The number of carbonyl (C=O) groups is 2. The molecule has 3 amide bonds. The normalized spacial score (nSPS) is 28.2. The van der Waals surface area contributed by atoms with Gasteiger partial charge < -0.3 is 15.4 Å². The van der Waals surface area contributed by atoms with Crippen molar-refractivity contribution in [2.75, 3.05) is 32.8 Å². The van der Waals surface area contributed by atoms with Gasteiger partial charge in [0.15, 0.2) is 0 Å². The number of nitrogens with one attached hydrogen (secondary N) is 2. The van der Waals surface area contributed by atoms with Crippen molar-refractivity contribution in [1.82, 2.24) is 15.5 Å². The number of hydrogen-bond acceptors (Lipinski definition) is 4. The molecular formula is C11H19N3O3. The number of imide groups is 1. The smallest absolute Gasteiger partial charge is 0.325 e. The molecule has 1 unspecified atom stereocenters. The van der Waals surface area contributed by atoms with Gasteiger partial charge in [0.2, 0.25) is 0 Å². The van der Waals surface area contributed by atoms with Crippen LogP contribution in [0.2, 0.25) is 0 Å². The van der Waals surface area contributed by atoms with E-state index in [1.54, 1.807) is 0 Å². The van der Waals surface area contributed by atoms with E-state index in [1.165, 1.54) is 4.90 Å². The van der Waals surface area contributed by atoms with E-state index < -0.39 is 5.54 Å². The Hall–Kier alpha value is -1.14. The quantitative estimate of drug-likeness (QED) is 0.512. The van der Waals surface area contributed by atoms with Crippen molar-refractivity contribution in [3.05, 3.63) is 0 Å². The van der Waals surface area contributed by atoms with Crippen molar-refractivity contribution >= 4 is 11.9 Å². The Morgan fingerprint density at radius 3 is 2.88 bits per heavy atom. The van der Waals surface area contributed by atoms with Gasteiger partial charge in [-0.2, -0.15) is 0 Å². The van der Waals surface area contributed by atoms with Gasteiger partial charge in [-0.15, -0.1) is 0 Å². The van der Waals surface area contributed by atoms with E-state index in [1.807, 2.05) is 6.92 Å². The Kier molecular flexibility index (Phi) is 3.63. The van der Waals surface area contributed by atoms with Crippen molar-refractivity contribution in [3.8, 4) is 0 Å². The fourth-order valence-corrected chi connectivity index (χ4v) is 2.26. The minimum atomic E-state index is -0.693. The Morgan fingerprint density at radius 1 is 1.41 bits per heavy atom. The zero-order chi connectivity index (χ0) is 12.3. The van der Waals surface area contributed by atoms with E-state index in [-0.39, 0.29) is 11.9 Å². The summed E-state index contributed by atoms with van der Waals surface area (Å²) in [5.41, 5.74) is -0.693. The van der Waals surface area contributed by atoms with Gasteiger partial charge in [0.1, 0.15) is 5.54 Å². The molecule has 6 heteroatoms. The van der Waals surface area contributed by atoms with Crippen molar-refractivity contribution in [1.29, 1.82) is 0 Å². The molecule has 0 radical (unpaired) electrons. The van der Waals surface area contributed by atoms with Crippen LogP contribution in [0.3, 0.4) is 0 Å². The Morgan fingerprint density at radius 2 is 2.24 bits per heavy atom. The molecular weight excluding hydrogens is 222 g/mol. The minimum Gasteiger partial charge on any atom is -0.380 e. The van der Waals surface area contributed by atoms with Crippen LogP contribution >= 0.6 is 0 Å². The lowest BCUT2D eigenvalue weighted by atomic mass is 9.99. The molecule has 2 rings (SSSR count). The largest absolute Gasteiger partial charge is 0.380 e. The SMILES string of the molecule is CCCOCCN1C(=O)NC2(CCNC2)C1=O. The summed E-state index contributed by atoms with van der Waals surface area (Å²) < 4.78 is 5.30. The lowest BCUT2D eigenvalue weighted by Crippen LogP contribution is -2.48. The maximum atomic E-state index is 12.2. The summed E-state index contributed by atoms with van der Waals surface area (Å²) in [6.45, 7) is 4.74. The highest BCUT2D eigenvalue weighted by Crippen LogP contribution is 2.23. The van der Waals surface area contributed by atoms with Crippen LogP contribution in [-0.2, 0) is 9.53 Å². The number of urea groups is 1. The van der Waals surface area contributed by atoms with Crippen molar-refractivity contribution in [2.45, 2.75) is 25.3 Å². The molecule has 0 bridgehead atoms. The lowest BCUT2D eigenvalue weighted by Gasteiger charge is -2.19. The average molecular weight is 241 g/mol. The average Bonchev–Trinajstić information content (AvgIpc) is 2.85. The van der Waals surface area contributed by atoms with Gasteiger partial charge in [0.05, 0.1) is 13.2 Å². The monoisotopic (exact) mass is 241 g/mol. The molecule has 1 atom stereocenters. The summed E-state index contributed by atoms with van der Waals surface area (Å²) in [6, 6.07) is -0.293. The van der Waals surface area contributed by atoms with Crippen LogP contribution in [0, 0.1) is 0 Å². The summed E-state index contributed by atoms with van der Waals surface area (Å²) >= 11 is 0. The van der Waals surface area contributed by atoms with Gasteiger partial charge in [-0.3, -0.25) is 9.69 Å². The van der Waals surface area contributed by atoms with E-state index in [0.717, 1.165) is 13.0 Å². The minimum absolute atomic E-state index is 0.118. The zero-order valence-electron chi connectivity index (χ0n) is 10.1. The fourth-order valence-electron chi connectivity index (χ4n) is 2.26. The molecule has 2 aliphatic heterocycles. The molecule has 6 nitrogen and oxygen atoms in total. The summed E-state index contributed by atoms with van der Waals surface area (Å²) in [5, 5.41) is 5.90. The van der Waals surface area contributed by atoms with Gasteiger partial charge in [-0.05, 0) is 19.4 Å². The van der Waals surface area contributed by atoms with Gasteiger partial charge in [-0.25, -0.2) is 4.79 Å². The predicted octanol–water partition coefficient (Wildman–Crippen LogP) is -0.303. The third kappa shape index (κ3) is 2.28. The molecule has 2 N–H and O–H groups in total. The van der Waals surface area contributed by atoms with Gasteiger partial charge in [0, 0.05) is 13.2 Å². The molecule has 0 aromatic carbocycles. The summed E-state index contributed by atoms with van der Waals surface area (Å²) in [6.07, 6.45) is 1.61. The van der Waals surface area contributed by atoms with Crippen molar-refractivity contribution in [3.63, 3.8) is 0 Å². The highest BCUT2D eigenvalue weighted by atomic mass is 16.5. The van der Waals surface area contributed by atoms with Crippen LogP contribution in [-0.4, -0.2) is 55.2 Å². The summed E-state index contributed by atoms with van der Waals surface area (Å²) in [5.74, 6) is -0.118. The molecule has 0 saturated carbocycles. The third-order valence-electron chi connectivity index (χ3n) is 3.21. The van der Waals surface area contributed by atoms with Crippen LogP contribution in [0.4, 0.5) is 4.79 Å². The summed E-state index contributed by atoms with van der Waals surface area (Å²) in [7, 11) is 0. The number of nitrogens with zero attached hydrogens (tertiary/aromatic N) is 1. The van der Waals surface area contributed by atoms with E-state index in [2.05, 4.69) is 10.6 Å². The molecule has 17 heavy (non-hydrogen) atoms. The first kappa shape index (κ1) is 12.3. The van der Waals surface area contributed by atoms with E-state index in [0.29, 0.717) is 32.7 Å². The standard InChI is InChI=1S/C11H19N3O3/c1-2-6-17-7-5-14-9(15)11(13-10(14)16)3-4-12-8-11/h12H,2-8H2,1H3,(H,13,16). The molecule has 0 aliphatic carbocycles. The molecule has 2 fully saturated rings. The Balaban J connectivity index is 1.90. The molecule has 2 saturated heterocycles. The third-order valence-corrected chi connectivity index (χ3v) is 3.21. The predicted molar refractivity (Wildman–Crippen MR) is 61.6 cm³/mol. The number of carbonyl (C=O) groups excluding carboxylic acids is 2. The maximum absolute atomic E-state index is 12.2. The number of amides is 3. The maximum Gasteiger partial charge on any atom is 0.325 e. The molecule has 2 heterocycles. The number of ether oxygens (including phenoxy) is 1. The molecule has 2 aliphatic rings. The highest BCUT2D eigenvalue weighted by molar-refractivity contribution is 6.07. The van der Waals surface area contributed by atoms with Crippen LogP contribution in [0.25, 0.3) is 0 Å². The van der Waals surface area contributed by atoms with Crippen LogP contribution < -0.4 is 10.6 Å². The second-order valence-corrected chi connectivity index (χ2v) is 4.51. The second kappa shape index (κ2) is 5.01. The number of rotatable bonds is 5. The first-order chi connectivity index (χ1) is 8.19. The second-order valence-electron chi connectivity index (χ2n) is 4.51.